The van der Waals surface area contributed by atoms with Crippen LogP contribution in [0.4, 0.5) is 0 Å². The second kappa shape index (κ2) is 9.04. The Morgan fingerprint density at radius 2 is 1.81 bits per heavy atom. The highest BCUT2D eigenvalue weighted by Gasteiger charge is 2.11. The van der Waals surface area contributed by atoms with Crippen LogP contribution in [0.15, 0.2) is 88.8 Å². The minimum absolute atomic E-state index is 0.557. The summed E-state index contributed by atoms with van der Waals surface area (Å²) in [6, 6.07) is 26.8. The van der Waals surface area contributed by atoms with Crippen LogP contribution < -0.4 is 4.74 Å². The lowest BCUT2D eigenvalue weighted by atomic mass is 10.2. The lowest BCUT2D eigenvalue weighted by molar-refractivity contribution is 0.306. The first-order chi connectivity index (χ1) is 15.2. The molecule has 0 radical (unpaired) electrons. The van der Waals surface area contributed by atoms with Crippen LogP contribution in [0.2, 0.25) is 5.02 Å². The standard InChI is InChI=1S/C26H21ClN2OS/c27-22-8-6-19(7-9-22)16-29-23(14-25-15-28-18-31-25)12-21-13-24(10-11-26(21)29)30-17-20-4-2-1-3-5-20/h1-15H,16-18H2/b25-14+. The Bertz CT molecular complexity index is 1260. The molecule has 0 atom stereocenters. The summed E-state index contributed by atoms with van der Waals surface area (Å²) >= 11 is 7.83. The van der Waals surface area contributed by atoms with Gasteiger partial charge in [-0.05, 0) is 53.6 Å². The van der Waals surface area contributed by atoms with E-state index in [0.29, 0.717) is 6.61 Å². The van der Waals surface area contributed by atoms with Gasteiger partial charge in [-0.25, -0.2) is 0 Å². The van der Waals surface area contributed by atoms with Gasteiger partial charge in [0.05, 0.1) is 5.88 Å². The maximum Gasteiger partial charge on any atom is 0.120 e. The molecule has 3 aromatic carbocycles. The van der Waals surface area contributed by atoms with Crippen molar-refractivity contribution in [3.63, 3.8) is 0 Å². The van der Waals surface area contributed by atoms with Crippen molar-refractivity contribution >= 4 is 46.6 Å². The van der Waals surface area contributed by atoms with Crippen molar-refractivity contribution in [2.24, 2.45) is 4.99 Å². The summed E-state index contributed by atoms with van der Waals surface area (Å²) < 4.78 is 8.38. The number of aromatic nitrogens is 1. The van der Waals surface area contributed by atoms with E-state index in [-0.39, 0.29) is 0 Å². The van der Waals surface area contributed by atoms with Crippen molar-refractivity contribution in [3.8, 4) is 5.75 Å². The number of hydrogen-bond donors (Lipinski definition) is 0. The maximum atomic E-state index is 6.08. The van der Waals surface area contributed by atoms with E-state index >= 15 is 0 Å². The number of fused-ring (bicyclic) bond motifs is 1. The summed E-state index contributed by atoms with van der Waals surface area (Å²) in [5.74, 6) is 1.66. The molecule has 154 valence electrons. The molecule has 3 nitrogen and oxygen atoms in total. The van der Waals surface area contributed by atoms with Crippen LogP contribution in [0.3, 0.4) is 0 Å². The molecular weight excluding hydrogens is 424 g/mol. The average molecular weight is 445 g/mol. The van der Waals surface area contributed by atoms with Crippen LogP contribution >= 0.6 is 23.4 Å². The number of halogens is 1. The van der Waals surface area contributed by atoms with Crippen LogP contribution in [0.1, 0.15) is 16.8 Å². The molecule has 0 saturated carbocycles. The molecule has 1 aliphatic rings. The fourth-order valence-electron chi connectivity index (χ4n) is 3.67. The summed E-state index contributed by atoms with van der Waals surface area (Å²) in [6.45, 7) is 1.33. The van der Waals surface area contributed by atoms with E-state index in [1.807, 2.05) is 42.6 Å². The van der Waals surface area contributed by atoms with E-state index in [1.54, 1.807) is 11.8 Å². The second-order valence-electron chi connectivity index (χ2n) is 7.41. The van der Waals surface area contributed by atoms with Gasteiger partial charge >= 0.3 is 0 Å². The molecule has 5 heteroatoms. The van der Waals surface area contributed by atoms with E-state index in [1.165, 1.54) is 16.0 Å². The van der Waals surface area contributed by atoms with Gasteiger partial charge in [-0.3, -0.25) is 4.99 Å². The van der Waals surface area contributed by atoms with Crippen LogP contribution in [0.25, 0.3) is 17.0 Å². The van der Waals surface area contributed by atoms with Crippen LogP contribution in [-0.2, 0) is 13.2 Å². The number of ether oxygens (including phenoxy) is 1. The average Bonchev–Trinajstić information content (AvgIpc) is 3.43. The van der Waals surface area contributed by atoms with E-state index in [4.69, 9.17) is 16.3 Å². The summed E-state index contributed by atoms with van der Waals surface area (Å²) in [5, 5.41) is 1.91. The Kier molecular flexibility index (Phi) is 5.83. The van der Waals surface area contributed by atoms with Gasteiger partial charge in [-0.15, -0.1) is 11.8 Å². The van der Waals surface area contributed by atoms with Gasteiger partial charge in [0.15, 0.2) is 0 Å². The molecule has 0 fully saturated rings. The van der Waals surface area contributed by atoms with E-state index < -0.39 is 0 Å². The van der Waals surface area contributed by atoms with Crippen LogP contribution in [0, 0.1) is 0 Å². The van der Waals surface area contributed by atoms with Gasteiger partial charge in [0.25, 0.3) is 0 Å². The smallest absolute Gasteiger partial charge is 0.120 e. The zero-order valence-corrected chi connectivity index (χ0v) is 18.4. The molecule has 31 heavy (non-hydrogen) atoms. The molecule has 0 bridgehead atoms. The van der Waals surface area contributed by atoms with Crippen molar-refractivity contribution < 1.29 is 4.74 Å². The summed E-state index contributed by atoms with van der Waals surface area (Å²) in [6.07, 6.45) is 4.16. The summed E-state index contributed by atoms with van der Waals surface area (Å²) in [4.78, 5) is 5.51. The van der Waals surface area contributed by atoms with Crippen molar-refractivity contribution in [1.29, 1.82) is 0 Å². The SMILES string of the molecule is Clc1ccc(Cn2c(/C=C3\C=NCS3)cc3cc(OCc4ccccc4)ccc32)cc1. The van der Waals surface area contributed by atoms with Crippen molar-refractivity contribution in [1.82, 2.24) is 4.57 Å². The third kappa shape index (κ3) is 4.71. The molecule has 0 saturated heterocycles. The van der Waals surface area contributed by atoms with Gasteiger partial charge in [-0.2, -0.15) is 0 Å². The molecule has 2 heterocycles. The van der Waals surface area contributed by atoms with Gasteiger partial charge in [-0.1, -0.05) is 54.1 Å². The Hall–Kier alpha value is -2.95. The molecule has 4 aromatic rings. The van der Waals surface area contributed by atoms with Crippen LogP contribution in [-0.4, -0.2) is 16.7 Å². The predicted molar refractivity (Wildman–Crippen MR) is 132 cm³/mol. The predicted octanol–water partition coefficient (Wildman–Crippen LogP) is 7.04. The fourth-order valence-corrected chi connectivity index (χ4v) is 4.45. The third-order valence-corrected chi connectivity index (χ3v) is 6.31. The minimum atomic E-state index is 0.557. The molecule has 0 aliphatic carbocycles. The minimum Gasteiger partial charge on any atom is -0.489 e. The Labute approximate surface area is 191 Å². The number of nitrogens with zero attached hydrogens (tertiary/aromatic N) is 2. The van der Waals surface area contributed by atoms with Crippen molar-refractivity contribution in [2.75, 3.05) is 5.88 Å². The van der Waals surface area contributed by atoms with Gasteiger partial charge in [0.2, 0.25) is 0 Å². The van der Waals surface area contributed by atoms with Gasteiger partial charge in [0.1, 0.15) is 12.4 Å². The van der Waals surface area contributed by atoms with E-state index in [9.17, 15) is 0 Å². The first-order valence-corrected chi connectivity index (χ1v) is 11.5. The molecular formula is C26H21ClN2OS. The zero-order chi connectivity index (χ0) is 21.0. The highest BCUT2D eigenvalue weighted by Crippen LogP contribution is 2.30. The highest BCUT2D eigenvalue weighted by molar-refractivity contribution is 8.04. The number of rotatable bonds is 6. The molecule has 1 aromatic heterocycles. The van der Waals surface area contributed by atoms with Gasteiger partial charge < -0.3 is 9.30 Å². The second-order valence-corrected chi connectivity index (χ2v) is 8.86. The summed E-state index contributed by atoms with van der Waals surface area (Å²) in [7, 11) is 0. The molecule has 0 unspecified atom stereocenters. The highest BCUT2D eigenvalue weighted by atomic mass is 35.5. The van der Waals surface area contributed by atoms with Crippen LogP contribution in [0.5, 0.6) is 5.75 Å². The third-order valence-electron chi connectivity index (χ3n) is 5.22. The maximum absolute atomic E-state index is 6.08. The normalized spacial score (nSPS) is 14.5. The quantitative estimate of drug-likeness (QED) is 0.319. The Balaban J connectivity index is 1.48. The number of aliphatic imine (C=N–C) groups is 1. The monoisotopic (exact) mass is 444 g/mol. The molecule has 0 spiro atoms. The van der Waals surface area contributed by atoms with Crippen molar-refractivity contribution in [2.45, 2.75) is 13.2 Å². The Morgan fingerprint density at radius 1 is 0.968 bits per heavy atom. The molecule has 1 aliphatic heterocycles. The number of thioether (sulfide) groups is 1. The number of allylic oxidation sites excluding steroid dienone is 1. The van der Waals surface area contributed by atoms with E-state index in [2.05, 4.69) is 58.1 Å². The summed E-state index contributed by atoms with van der Waals surface area (Å²) in [5.41, 5.74) is 4.69. The first-order valence-electron chi connectivity index (χ1n) is 10.1. The first kappa shape index (κ1) is 20.0. The van der Waals surface area contributed by atoms with Crippen molar-refractivity contribution in [3.05, 3.63) is 106 Å². The topological polar surface area (TPSA) is 26.5 Å². The Morgan fingerprint density at radius 3 is 2.58 bits per heavy atom. The lowest BCUT2D eigenvalue weighted by Gasteiger charge is -2.11. The fraction of sp³-hybridized carbons (Fsp3) is 0.115. The zero-order valence-electron chi connectivity index (χ0n) is 16.9. The lowest BCUT2D eigenvalue weighted by Crippen LogP contribution is -2.02. The van der Waals surface area contributed by atoms with Gasteiger partial charge in [0, 0.05) is 39.3 Å². The molecule has 0 N–H and O–H groups in total. The molecule has 0 amide bonds. The number of benzene rings is 3. The molecule has 5 rings (SSSR count). The van der Waals surface area contributed by atoms with E-state index in [0.717, 1.165) is 39.8 Å². The number of hydrogen-bond acceptors (Lipinski definition) is 3. The largest absolute Gasteiger partial charge is 0.489 e.